The molecule has 1 aromatic rings. The summed E-state index contributed by atoms with van der Waals surface area (Å²) in [5.41, 5.74) is 6.35. The second kappa shape index (κ2) is 5.94. The normalized spacial score (nSPS) is 21.4. The molecule has 1 aliphatic rings. The summed E-state index contributed by atoms with van der Waals surface area (Å²) in [6.07, 6.45) is 2.94. The number of methoxy groups -OCH3 is 1. The molecule has 1 atom stereocenters. The zero-order valence-corrected chi connectivity index (χ0v) is 13.7. The Morgan fingerprint density at radius 3 is 2.67 bits per heavy atom. The highest BCUT2D eigenvalue weighted by atomic mass is 32.2. The molecule has 3 N–H and O–H groups in total. The van der Waals surface area contributed by atoms with Crippen LogP contribution in [0.25, 0.3) is 0 Å². The maximum Gasteiger partial charge on any atom is 0.244 e. The van der Waals surface area contributed by atoms with E-state index in [1.165, 1.54) is 7.11 Å². The Morgan fingerprint density at radius 1 is 1.43 bits per heavy atom. The maximum atomic E-state index is 12.7. The fourth-order valence-corrected chi connectivity index (χ4v) is 4.52. The molecule has 0 aromatic heterocycles. The molecule has 0 amide bonds. The average molecular weight is 312 g/mol. The predicted octanol–water partition coefficient (Wildman–Crippen LogP) is 2.01. The quantitative estimate of drug-likeness (QED) is 0.871. The van der Waals surface area contributed by atoms with E-state index in [2.05, 4.69) is 18.6 Å². The highest BCUT2D eigenvalue weighted by molar-refractivity contribution is 7.89. The summed E-state index contributed by atoms with van der Waals surface area (Å²) in [5.74, 6) is 0.343. The van der Waals surface area contributed by atoms with Crippen molar-refractivity contribution in [2.24, 2.45) is 11.1 Å². The number of rotatable bonds is 5. The summed E-state index contributed by atoms with van der Waals surface area (Å²) >= 11 is 0. The van der Waals surface area contributed by atoms with E-state index in [-0.39, 0.29) is 16.4 Å². The van der Waals surface area contributed by atoms with Crippen LogP contribution in [0.2, 0.25) is 0 Å². The first kappa shape index (κ1) is 16.3. The molecule has 0 bridgehead atoms. The first-order valence-corrected chi connectivity index (χ1v) is 8.68. The molecule has 1 saturated carbocycles. The van der Waals surface area contributed by atoms with Crippen LogP contribution in [0.1, 0.15) is 38.7 Å². The van der Waals surface area contributed by atoms with Gasteiger partial charge in [0, 0.05) is 12.6 Å². The molecular formula is C15H24N2O3S. The molecule has 21 heavy (non-hydrogen) atoms. The van der Waals surface area contributed by atoms with Gasteiger partial charge < -0.3 is 10.5 Å². The van der Waals surface area contributed by atoms with Crippen LogP contribution in [0, 0.1) is 5.41 Å². The third kappa shape index (κ3) is 3.39. The highest BCUT2D eigenvalue weighted by Gasteiger charge is 2.37. The van der Waals surface area contributed by atoms with Gasteiger partial charge in [0.25, 0.3) is 0 Å². The van der Waals surface area contributed by atoms with Gasteiger partial charge in [0.2, 0.25) is 10.0 Å². The number of hydrogen-bond acceptors (Lipinski definition) is 4. The van der Waals surface area contributed by atoms with Crippen LogP contribution in [0.5, 0.6) is 5.75 Å². The Morgan fingerprint density at radius 2 is 2.14 bits per heavy atom. The standard InChI is InChI=1S/C15H24N2O3S/c1-15(2)8-4-5-14(15)17-21(18,19)13-9-11(10-16)6-7-12(13)20-3/h6-7,9,14,17H,4-5,8,10,16H2,1-3H3. The van der Waals surface area contributed by atoms with Crippen molar-refractivity contribution in [3.63, 3.8) is 0 Å². The second-order valence-electron chi connectivity index (χ2n) is 6.24. The van der Waals surface area contributed by atoms with Gasteiger partial charge in [-0.1, -0.05) is 26.3 Å². The predicted molar refractivity (Wildman–Crippen MR) is 82.6 cm³/mol. The monoisotopic (exact) mass is 312 g/mol. The van der Waals surface area contributed by atoms with Crippen molar-refractivity contribution in [1.82, 2.24) is 4.72 Å². The number of nitrogens with two attached hydrogens (primary N) is 1. The van der Waals surface area contributed by atoms with Crippen molar-refractivity contribution in [2.45, 2.75) is 50.6 Å². The Bertz CT molecular complexity index is 611. The number of sulfonamides is 1. The van der Waals surface area contributed by atoms with Crippen molar-refractivity contribution in [3.05, 3.63) is 23.8 Å². The lowest BCUT2D eigenvalue weighted by Gasteiger charge is -2.27. The van der Waals surface area contributed by atoms with E-state index in [1.807, 2.05) is 0 Å². The summed E-state index contributed by atoms with van der Waals surface area (Å²) in [5, 5.41) is 0. The molecular weight excluding hydrogens is 288 g/mol. The number of benzene rings is 1. The SMILES string of the molecule is COc1ccc(CN)cc1S(=O)(=O)NC1CCCC1(C)C. The summed E-state index contributed by atoms with van der Waals surface area (Å²) in [6.45, 7) is 4.49. The van der Waals surface area contributed by atoms with Crippen LogP contribution < -0.4 is 15.2 Å². The molecule has 0 aliphatic heterocycles. The van der Waals surface area contributed by atoms with Crippen molar-refractivity contribution in [3.8, 4) is 5.75 Å². The summed E-state index contributed by atoms with van der Waals surface area (Å²) in [6, 6.07) is 4.96. The lowest BCUT2D eigenvalue weighted by molar-refractivity contribution is 0.312. The molecule has 5 nitrogen and oxygen atoms in total. The van der Waals surface area contributed by atoms with Crippen LogP contribution in [-0.4, -0.2) is 21.6 Å². The van der Waals surface area contributed by atoms with E-state index in [0.717, 1.165) is 24.8 Å². The lowest BCUT2D eigenvalue weighted by Crippen LogP contribution is -2.41. The zero-order valence-electron chi connectivity index (χ0n) is 12.8. The van der Waals surface area contributed by atoms with E-state index in [0.29, 0.717) is 12.3 Å². The van der Waals surface area contributed by atoms with E-state index >= 15 is 0 Å². The van der Waals surface area contributed by atoms with Gasteiger partial charge in [0.1, 0.15) is 10.6 Å². The topological polar surface area (TPSA) is 81.4 Å². The lowest BCUT2D eigenvalue weighted by atomic mass is 9.88. The van der Waals surface area contributed by atoms with Gasteiger partial charge in [-0.2, -0.15) is 0 Å². The summed E-state index contributed by atoms with van der Waals surface area (Å²) in [4.78, 5) is 0.163. The molecule has 0 heterocycles. The van der Waals surface area contributed by atoms with Crippen molar-refractivity contribution >= 4 is 10.0 Å². The minimum absolute atomic E-state index is 0.0220. The first-order valence-electron chi connectivity index (χ1n) is 7.19. The minimum atomic E-state index is -3.62. The fourth-order valence-electron chi connectivity index (χ4n) is 2.85. The molecule has 118 valence electrons. The zero-order chi connectivity index (χ0) is 15.7. The number of nitrogens with one attached hydrogen (secondary N) is 1. The number of hydrogen-bond donors (Lipinski definition) is 2. The van der Waals surface area contributed by atoms with Crippen molar-refractivity contribution in [1.29, 1.82) is 0 Å². The van der Waals surface area contributed by atoms with Crippen molar-refractivity contribution in [2.75, 3.05) is 7.11 Å². The molecule has 1 aliphatic carbocycles. The molecule has 2 rings (SSSR count). The van der Waals surface area contributed by atoms with Gasteiger partial charge in [-0.25, -0.2) is 13.1 Å². The number of ether oxygens (including phenoxy) is 1. The molecule has 0 saturated heterocycles. The van der Waals surface area contributed by atoms with Crippen LogP contribution in [0.3, 0.4) is 0 Å². The molecule has 0 spiro atoms. The van der Waals surface area contributed by atoms with Crippen LogP contribution >= 0.6 is 0 Å². The van der Waals surface area contributed by atoms with E-state index < -0.39 is 10.0 Å². The van der Waals surface area contributed by atoms with Gasteiger partial charge in [-0.3, -0.25) is 0 Å². The Labute approximate surface area is 126 Å². The van der Waals surface area contributed by atoms with Gasteiger partial charge in [-0.15, -0.1) is 0 Å². The van der Waals surface area contributed by atoms with E-state index in [9.17, 15) is 8.42 Å². The molecule has 6 heteroatoms. The van der Waals surface area contributed by atoms with E-state index in [4.69, 9.17) is 10.5 Å². The average Bonchev–Trinajstić information content (AvgIpc) is 2.76. The Kier molecular flexibility index (Phi) is 4.60. The smallest absolute Gasteiger partial charge is 0.244 e. The molecule has 1 aromatic carbocycles. The van der Waals surface area contributed by atoms with Gasteiger partial charge in [-0.05, 0) is 36.0 Å². The molecule has 1 unspecified atom stereocenters. The maximum absolute atomic E-state index is 12.7. The third-order valence-corrected chi connectivity index (χ3v) is 5.80. The minimum Gasteiger partial charge on any atom is -0.495 e. The molecule has 0 radical (unpaired) electrons. The summed E-state index contributed by atoms with van der Waals surface area (Å²) in [7, 11) is -2.15. The van der Waals surface area contributed by atoms with E-state index in [1.54, 1.807) is 18.2 Å². The van der Waals surface area contributed by atoms with Crippen LogP contribution in [0.15, 0.2) is 23.1 Å². The van der Waals surface area contributed by atoms with Crippen LogP contribution in [-0.2, 0) is 16.6 Å². The van der Waals surface area contributed by atoms with Crippen LogP contribution in [0.4, 0.5) is 0 Å². The van der Waals surface area contributed by atoms with Gasteiger partial charge in [0.15, 0.2) is 0 Å². The highest BCUT2D eigenvalue weighted by Crippen LogP contribution is 2.38. The van der Waals surface area contributed by atoms with Gasteiger partial charge >= 0.3 is 0 Å². The second-order valence-corrected chi connectivity index (χ2v) is 7.93. The van der Waals surface area contributed by atoms with Gasteiger partial charge in [0.05, 0.1) is 7.11 Å². The Balaban J connectivity index is 2.35. The molecule has 1 fully saturated rings. The first-order chi connectivity index (χ1) is 9.80. The fraction of sp³-hybridized carbons (Fsp3) is 0.600. The van der Waals surface area contributed by atoms with Crippen molar-refractivity contribution < 1.29 is 13.2 Å². The summed E-state index contributed by atoms with van der Waals surface area (Å²) < 4.78 is 33.4. The Hall–Kier alpha value is -1.11. The largest absolute Gasteiger partial charge is 0.495 e. The third-order valence-electron chi connectivity index (χ3n) is 4.31.